The van der Waals surface area contributed by atoms with Gasteiger partial charge in [0.25, 0.3) is 0 Å². The molecule has 250 valence electrons. The second kappa shape index (κ2) is 12.8. The molecule has 46 heavy (non-hydrogen) atoms. The van der Waals surface area contributed by atoms with Crippen LogP contribution in [-0.4, -0.2) is 44.8 Å². The van der Waals surface area contributed by atoms with Crippen molar-refractivity contribution in [2.45, 2.75) is 109 Å². The molecule has 0 amide bonds. The van der Waals surface area contributed by atoms with E-state index in [0.717, 1.165) is 59.8 Å². The topological polar surface area (TPSA) is 84.6 Å². The Kier molecular flexibility index (Phi) is 9.68. The maximum Gasteiger partial charge on any atom is 0.417 e. The number of halogens is 3. The molecule has 10 heteroatoms. The predicted molar refractivity (Wildman–Crippen MR) is 174 cm³/mol. The summed E-state index contributed by atoms with van der Waals surface area (Å²) in [6.07, 6.45) is -0.648. The van der Waals surface area contributed by atoms with Gasteiger partial charge in [0.1, 0.15) is 6.10 Å². The Morgan fingerprint density at radius 1 is 1.11 bits per heavy atom. The zero-order valence-corrected chi connectivity index (χ0v) is 29.1. The molecule has 0 spiro atoms. The second-order valence-electron chi connectivity index (χ2n) is 15.3. The summed E-state index contributed by atoms with van der Waals surface area (Å²) in [6, 6.07) is 5.07. The molecule has 1 aliphatic carbocycles. The summed E-state index contributed by atoms with van der Waals surface area (Å²) in [5.74, 6) is -0.00225. The molecule has 1 N–H and O–H groups in total. The fourth-order valence-corrected chi connectivity index (χ4v) is 8.09. The van der Waals surface area contributed by atoms with Gasteiger partial charge in [-0.25, -0.2) is 0 Å². The quantitative estimate of drug-likeness (QED) is 0.313. The van der Waals surface area contributed by atoms with E-state index in [-0.39, 0.29) is 28.0 Å². The number of nitrogens with zero attached hydrogens (tertiary/aromatic N) is 2. The molecule has 1 saturated heterocycles. The Balaban J connectivity index is 1.82. The highest BCUT2D eigenvalue weighted by Crippen LogP contribution is 2.52. The van der Waals surface area contributed by atoms with Gasteiger partial charge in [-0.1, -0.05) is 46.8 Å². The van der Waals surface area contributed by atoms with Crippen LogP contribution in [0.2, 0.25) is 18.1 Å². The molecule has 1 aromatic carbocycles. The summed E-state index contributed by atoms with van der Waals surface area (Å²) >= 11 is 0. The number of alkyl halides is 3. The van der Waals surface area contributed by atoms with Gasteiger partial charge in [0.2, 0.25) is 0 Å². The van der Waals surface area contributed by atoms with Crippen molar-refractivity contribution in [2.24, 2.45) is 5.41 Å². The molecule has 2 atom stereocenters. The molecule has 0 saturated carbocycles. The first-order valence-corrected chi connectivity index (χ1v) is 19.2. The number of aromatic nitrogens is 1. The third-order valence-electron chi connectivity index (χ3n) is 10.3. The number of nitriles is 1. The van der Waals surface area contributed by atoms with Gasteiger partial charge in [0, 0.05) is 36.0 Å². The van der Waals surface area contributed by atoms with Crippen LogP contribution in [0, 0.1) is 16.7 Å². The van der Waals surface area contributed by atoms with Crippen LogP contribution in [0.3, 0.4) is 0 Å². The van der Waals surface area contributed by atoms with Crippen molar-refractivity contribution >= 4 is 13.9 Å². The smallest absolute Gasteiger partial charge is 0.410 e. The number of aliphatic hydroxyl groups excluding tert-OH is 1. The van der Waals surface area contributed by atoms with Crippen molar-refractivity contribution in [3.8, 4) is 6.07 Å². The number of ether oxygens (including phenoxy) is 2. The van der Waals surface area contributed by atoms with Crippen LogP contribution in [0.1, 0.15) is 123 Å². The molecule has 1 aromatic heterocycles. The minimum Gasteiger partial charge on any atom is -0.410 e. The van der Waals surface area contributed by atoms with E-state index in [0.29, 0.717) is 38.4 Å². The number of benzene rings is 1. The van der Waals surface area contributed by atoms with E-state index in [1.807, 2.05) is 0 Å². The number of fused-ring (bicyclic) bond motifs is 1. The molecular formula is C36H47F3N2O4Si. The first-order chi connectivity index (χ1) is 21.4. The fourth-order valence-electron chi connectivity index (χ4n) is 6.82. The summed E-state index contributed by atoms with van der Waals surface area (Å²) in [5, 5.41) is 22.0. The number of aliphatic hydroxyl groups is 1. The fraction of sp³-hybridized carbons (Fsp3) is 0.611. The maximum atomic E-state index is 13.8. The first-order valence-electron chi connectivity index (χ1n) is 16.3. The van der Waals surface area contributed by atoms with Crippen molar-refractivity contribution in [2.75, 3.05) is 26.4 Å². The third-order valence-corrected chi connectivity index (χ3v) is 14.8. The van der Waals surface area contributed by atoms with E-state index < -0.39 is 31.7 Å². The van der Waals surface area contributed by atoms with Gasteiger partial charge in [-0.2, -0.15) is 18.4 Å². The number of hydrogen-bond acceptors (Lipinski definition) is 6. The van der Waals surface area contributed by atoms with Gasteiger partial charge < -0.3 is 19.0 Å². The SMILES string of the molecule is CC1(C)Cc2nc(C3CCOCC3)c(C(O)c3ccc(C(F)(F)F)c(C#N)c3)c(C3=CCOCC3)c2C(O[Si](C)(C)C(C)(C)C)C1. The lowest BCUT2D eigenvalue weighted by Crippen LogP contribution is -2.44. The molecule has 3 aliphatic rings. The molecule has 1 fully saturated rings. The van der Waals surface area contributed by atoms with Crippen molar-refractivity contribution in [3.63, 3.8) is 0 Å². The van der Waals surface area contributed by atoms with Crippen LogP contribution in [0.25, 0.3) is 5.57 Å². The summed E-state index contributed by atoms with van der Waals surface area (Å²) in [5.41, 5.74) is 3.84. The van der Waals surface area contributed by atoms with Gasteiger partial charge in [-0.05, 0) is 84.5 Å². The lowest BCUT2D eigenvalue weighted by atomic mass is 9.70. The van der Waals surface area contributed by atoms with Crippen LogP contribution >= 0.6 is 0 Å². The summed E-state index contributed by atoms with van der Waals surface area (Å²) in [7, 11) is -2.28. The van der Waals surface area contributed by atoms with Crippen LogP contribution in [0.5, 0.6) is 0 Å². The van der Waals surface area contributed by atoms with Crippen molar-refractivity contribution in [1.29, 1.82) is 5.26 Å². The van der Waals surface area contributed by atoms with Crippen molar-refractivity contribution < 1.29 is 32.2 Å². The number of rotatable bonds is 6. The monoisotopic (exact) mass is 656 g/mol. The standard InChI is InChI=1S/C36H47F3N2O4Si/c1-34(2,3)46(6,7)45-28-20-35(4,5)19-27-30(28)29(22-10-14-43-15-11-22)31(32(41-27)23-12-16-44-17-13-23)33(42)24-8-9-26(36(37,38)39)25(18-24)21-40/h8-10,18,23,28,33,42H,11-17,19-20H2,1-7H3. The molecular weight excluding hydrogens is 609 g/mol. The summed E-state index contributed by atoms with van der Waals surface area (Å²) < 4.78 is 59.9. The molecule has 5 rings (SSSR count). The van der Waals surface area contributed by atoms with Gasteiger partial charge >= 0.3 is 6.18 Å². The third kappa shape index (κ3) is 7.00. The zero-order valence-electron chi connectivity index (χ0n) is 28.1. The highest BCUT2D eigenvalue weighted by atomic mass is 28.4. The first kappa shape index (κ1) is 34.8. The largest absolute Gasteiger partial charge is 0.417 e. The average molecular weight is 657 g/mol. The Bertz CT molecular complexity index is 1530. The van der Waals surface area contributed by atoms with E-state index in [2.05, 4.69) is 53.8 Å². The Morgan fingerprint density at radius 3 is 2.39 bits per heavy atom. The number of pyridine rings is 1. The zero-order chi connectivity index (χ0) is 33.7. The normalized spacial score (nSPS) is 21.7. The van der Waals surface area contributed by atoms with Gasteiger partial charge in [-0.15, -0.1) is 0 Å². The van der Waals surface area contributed by atoms with Gasteiger partial charge in [0.05, 0.1) is 42.2 Å². The van der Waals surface area contributed by atoms with Crippen molar-refractivity contribution in [1.82, 2.24) is 4.98 Å². The number of hydrogen-bond donors (Lipinski definition) is 1. The maximum absolute atomic E-state index is 13.8. The van der Waals surface area contributed by atoms with E-state index in [1.165, 1.54) is 12.1 Å². The summed E-state index contributed by atoms with van der Waals surface area (Å²) in [6.45, 7) is 17.7. The minimum absolute atomic E-state index is 0.00225. The second-order valence-corrected chi connectivity index (χ2v) is 20.1. The van der Waals surface area contributed by atoms with Crippen LogP contribution in [-0.2, 0) is 26.5 Å². The Hall–Kier alpha value is -2.55. The van der Waals surface area contributed by atoms with E-state index in [9.17, 15) is 23.5 Å². The van der Waals surface area contributed by atoms with Crippen LogP contribution in [0.15, 0.2) is 24.3 Å². The van der Waals surface area contributed by atoms with Crippen LogP contribution < -0.4 is 0 Å². The minimum atomic E-state index is -4.69. The average Bonchev–Trinajstić information content (AvgIpc) is 2.98. The lowest BCUT2D eigenvalue weighted by Gasteiger charge is -2.45. The Labute approximate surface area is 272 Å². The Morgan fingerprint density at radius 2 is 1.80 bits per heavy atom. The molecule has 2 unspecified atom stereocenters. The molecule has 0 radical (unpaired) electrons. The van der Waals surface area contributed by atoms with Crippen LogP contribution in [0.4, 0.5) is 13.2 Å². The molecule has 6 nitrogen and oxygen atoms in total. The molecule has 0 bridgehead atoms. The highest BCUT2D eigenvalue weighted by molar-refractivity contribution is 6.74. The lowest BCUT2D eigenvalue weighted by molar-refractivity contribution is -0.137. The van der Waals surface area contributed by atoms with E-state index in [4.69, 9.17) is 18.9 Å². The van der Waals surface area contributed by atoms with E-state index >= 15 is 0 Å². The molecule has 2 aliphatic heterocycles. The van der Waals surface area contributed by atoms with Crippen molar-refractivity contribution in [3.05, 3.63) is 69.0 Å². The molecule has 3 heterocycles. The van der Waals surface area contributed by atoms with E-state index in [1.54, 1.807) is 6.07 Å². The highest BCUT2D eigenvalue weighted by Gasteiger charge is 2.45. The summed E-state index contributed by atoms with van der Waals surface area (Å²) in [4.78, 5) is 5.39. The van der Waals surface area contributed by atoms with Gasteiger partial charge in [-0.3, -0.25) is 4.98 Å². The predicted octanol–water partition coefficient (Wildman–Crippen LogP) is 8.79. The molecule has 2 aromatic rings. The van der Waals surface area contributed by atoms with Gasteiger partial charge in [0.15, 0.2) is 8.32 Å².